The van der Waals surface area contributed by atoms with E-state index in [4.69, 9.17) is 18.9 Å². The zero-order valence-corrected chi connectivity index (χ0v) is 27.5. The topological polar surface area (TPSA) is 107 Å². The summed E-state index contributed by atoms with van der Waals surface area (Å²) < 4.78 is 25.8. The standard InChI is InChI=1S/C38H49NO7/c1-36(2)21-28-23(7-12-32-37(3,45-32)14-13-29(28)36)17-22-5-4-6-24(18-22)35(42)43-30-19-25(34(41)39-15-16-40)20-31-33(30)46-38(44-31,26-8-9-26)27-10-11-27/h4-6,17-18,20,26-33,40H,7-16,19,21H2,1-3H3,(H,39,41)/t28-,29-,30-,31-,32?,33+,37-/m1/s1. The van der Waals surface area contributed by atoms with Gasteiger partial charge in [-0.3, -0.25) is 4.79 Å². The lowest BCUT2D eigenvalue weighted by Gasteiger charge is -2.53. The van der Waals surface area contributed by atoms with Gasteiger partial charge in [0, 0.05) is 30.4 Å². The number of epoxide rings is 1. The summed E-state index contributed by atoms with van der Waals surface area (Å²) in [5, 5.41) is 12.0. The Bertz CT molecular complexity index is 1440. The molecule has 1 amide bonds. The molecule has 5 aliphatic carbocycles. The monoisotopic (exact) mass is 631 g/mol. The van der Waals surface area contributed by atoms with Crippen LogP contribution in [0, 0.1) is 29.1 Å². The second-order valence-corrected chi connectivity index (χ2v) is 16.0. The van der Waals surface area contributed by atoms with Crippen LogP contribution in [0.15, 0.2) is 41.5 Å². The maximum Gasteiger partial charge on any atom is 0.338 e. The largest absolute Gasteiger partial charge is 0.456 e. The zero-order valence-electron chi connectivity index (χ0n) is 27.5. The van der Waals surface area contributed by atoms with Crippen LogP contribution >= 0.6 is 0 Å². The molecular formula is C38H49NO7. The maximum atomic E-state index is 13.8. The number of hydrogen-bond acceptors (Lipinski definition) is 7. The van der Waals surface area contributed by atoms with Crippen LogP contribution in [0.25, 0.3) is 6.08 Å². The summed E-state index contributed by atoms with van der Waals surface area (Å²) in [4.78, 5) is 26.8. The Kier molecular flexibility index (Phi) is 7.55. The van der Waals surface area contributed by atoms with Crippen molar-refractivity contribution in [3.8, 4) is 0 Å². The fourth-order valence-corrected chi connectivity index (χ4v) is 9.23. The van der Waals surface area contributed by atoms with Gasteiger partial charge in [-0.1, -0.05) is 37.6 Å². The van der Waals surface area contributed by atoms with Gasteiger partial charge >= 0.3 is 5.97 Å². The highest BCUT2D eigenvalue weighted by Crippen LogP contribution is 2.61. The third-order valence-electron chi connectivity index (χ3n) is 12.2. The first-order valence-electron chi connectivity index (χ1n) is 17.7. The number of fused-ring (bicyclic) bond motifs is 3. The summed E-state index contributed by atoms with van der Waals surface area (Å²) in [6, 6.07) is 7.75. The number of rotatable bonds is 8. The number of nitrogens with one attached hydrogen (secondary N) is 1. The number of aliphatic hydroxyl groups excluding tert-OH is 1. The number of carbonyl (C=O) groups is 2. The number of allylic oxidation sites excluding steroid dienone is 1. The average Bonchev–Trinajstić information content (AvgIpc) is 3.93. The molecule has 1 aromatic carbocycles. The molecule has 8 rings (SSSR count). The smallest absolute Gasteiger partial charge is 0.338 e. The lowest BCUT2D eigenvalue weighted by Crippen LogP contribution is -2.45. The number of esters is 1. The molecule has 4 saturated carbocycles. The van der Waals surface area contributed by atoms with E-state index in [2.05, 4.69) is 38.2 Å². The van der Waals surface area contributed by atoms with Gasteiger partial charge < -0.3 is 29.4 Å². The maximum absolute atomic E-state index is 13.8. The third-order valence-corrected chi connectivity index (χ3v) is 12.2. The van der Waals surface area contributed by atoms with Crippen molar-refractivity contribution < 1.29 is 33.6 Å². The highest BCUT2D eigenvalue weighted by Gasteiger charge is 2.64. The van der Waals surface area contributed by atoms with E-state index in [1.54, 1.807) is 0 Å². The van der Waals surface area contributed by atoms with Crippen molar-refractivity contribution in [1.29, 1.82) is 0 Å². The Balaban J connectivity index is 1.02. The van der Waals surface area contributed by atoms with E-state index in [9.17, 15) is 14.7 Å². The molecule has 2 heterocycles. The third kappa shape index (κ3) is 5.57. The molecule has 7 atom stereocenters. The SMILES string of the molecule is CC1(C)C[C@@H]2C(=Cc3cccc(C(=O)O[C@@H]4CC(C(=O)NCCO)=C[C@H]5OC(C6CC6)(C6CC6)O[C@H]54)c3)CCC3O[C@]3(C)CC[C@H]21. The fraction of sp³-hybridized carbons (Fsp3) is 0.684. The van der Waals surface area contributed by atoms with E-state index >= 15 is 0 Å². The summed E-state index contributed by atoms with van der Waals surface area (Å²) in [5.74, 6) is 0.591. The van der Waals surface area contributed by atoms with Crippen LogP contribution in [-0.2, 0) is 23.7 Å². The van der Waals surface area contributed by atoms with E-state index in [0.29, 0.717) is 46.3 Å². The second-order valence-electron chi connectivity index (χ2n) is 16.0. The number of benzene rings is 1. The van der Waals surface area contributed by atoms with Crippen LogP contribution in [0.4, 0.5) is 0 Å². The Labute approximate surface area is 272 Å². The second kappa shape index (κ2) is 11.3. The van der Waals surface area contributed by atoms with Crippen molar-refractivity contribution >= 4 is 18.0 Å². The van der Waals surface area contributed by atoms with Crippen LogP contribution < -0.4 is 5.32 Å². The van der Waals surface area contributed by atoms with Gasteiger partial charge in [0.2, 0.25) is 5.91 Å². The summed E-state index contributed by atoms with van der Waals surface area (Å²) in [5.41, 5.74) is 3.87. The molecule has 0 aromatic heterocycles. The Morgan fingerprint density at radius 2 is 1.83 bits per heavy atom. The van der Waals surface area contributed by atoms with E-state index in [-0.39, 0.29) is 31.1 Å². The van der Waals surface area contributed by atoms with Crippen LogP contribution in [0.1, 0.15) is 101 Å². The van der Waals surface area contributed by atoms with Gasteiger partial charge in [0.1, 0.15) is 18.3 Å². The molecule has 2 N–H and O–H groups in total. The van der Waals surface area contributed by atoms with Gasteiger partial charge in [0.05, 0.1) is 23.9 Å². The van der Waals surface area contributed by atoms with Crippen molar-refractivity contribution in [2.45, 2.75) is 121 Å². The first-order chi connectivity index (χ1) is 22.1. The molecule has 6 fully saturated rings. The number of amides is 1. The Morgan fingerprint density at radius 1 is 1.04 bits per heavy atom. The molecule has 46 heavy (non-hydrogen) atoms. The summed E-state index contributed by atoms with van der Waals surface area (Å²) >= 11 is 0. The van der Waals surface area contributed by atoms with E-state index < -0.39 is 30.1 Å². The highest BCUT2D eigenvalue weighted by atomic mass is 16.8. The minimum Gasteiger partial charge on any atom is -0.456 e. The predicted octanol–water partition coefficient (Wildman–Crippen LogP) is 5.73. The summed E-state index contributed by atoms with van der Waals surface area (Å²) in [6.45, 7) is 7.10. The molecular weight excluding hydrogens is 582 g/mol. The predicted molar refractivity (Wildman–Crippen MR) is 171 cm³/mol. The van der Waals surface area contributed by atoms with E-state index in [1.165, 1.54) is 18.4 Å². The number of carbonyl (C=O) groups excluding carboxylic acids is 2. The molecule has 0 radical (unpaired) electrons. The molecule has 2 aliphatic heterocycles. The van der Waals surface area contributed by atoms with E-state index in [1.807, 2.05) is 24.3 Å². The Hall–Kier alpha value is -2.52. The molecule has 8 nitrogen and oxygen atoms in total. The minimum absolute atomic E-state index is 0.0487. The van der Waals surface area contributed by atoms with Crippen molar-refractivity contribution in [2.75, 3.05) is 13.2 Å². The molecule has 2 saturated heterocycles. The minimum atomic E-state index is -0.654. The number of hydrogen-bond donors (Lipinski definition) is 2. The van der Waals surface area contributed by atoms with Crippen LogP contribution in [0.5, 0.6) is 0 Å². The van der Waals surface area contributed by atoms with Crippen LogP contribution in [0.3, 0.4) is 0 Å². The summed E-state index contributed by atoms with van der Waals surface area (Å²) in [7, 11) is 0. The van der Waals surface area contributed by atoms with Gasteiger partial charge in [-0.05, 0) is 106 Å². The van der Waals surface area contributed by atoms with E-state index in [0.717, 1.165) is 50.5 Å². The zero-order chi connectivity index (χ0) is 31.8. The van der Waals surface area contributed by atoms with Gasteiger partial charge in [-0.25, -0.2) is 4.79 Å². The van der Waals surface area contributed by atoms with Crippen molar-refractivity contribution in [3.05, 3.63) is 52.6 Å². The number of aliphatic hydroxyl groups is 1. The highest BCUT2D eigenvalue weighted by molar-refractivity contribution is 5.94. The van der Waals surface area contributed by atoms with Gasteiger partial charge in [-0.15, -0.1) is 0 Å². The van der Waals surface area contributed by atoms with Crippen molar-refractivity contribution in [2.24, 2.45) is 29.1 Å². The fourth-order valence-electron chi connectivity index (χ4n) is 9.23. The normalized spacial score (nSPS) is 38.1. The first kappa shape index (κ1) is 30.8. The first-order valence-corrected chi connectivity index (χ1v) is 17.7. The lowest BCUT2D eigenvalue weighted by atomic mass is 9.52. The molecule has 7 aliphatic rings. The van der Waals surface area contributed by atoms with Gasteiger partial charge in [0.15, 0.2) is 5.79 Å². The molecule has 0 bridgehead atoms. The van der Waals surface area contributed by atoms with Crippen molar-refractivity contribution in [3.63, 3.8) is 0 Å². The van der Waals surface area contributed by atoms with Gasteiger partial charge in [-0.2, -0.15) is 0 Å². The molecule has 1 aromatic rings. The molecule has 0 spiro atoms. The van der Waals surface area contributed by atoms with Crippen molar-refractivity contribution in [1.82, 2.24) is 5.32 Å². The number of ether oxygens (including phenoxy) is 4. The Morgan fingerprint density at radius 3 is 2.54 bits per heavy atom. The van der Waals surface area contributed by atoms with Crippen LogP contribution in [-0.4, -0.2) is 65.9 Å². The lowest BCUT2D eigenvalue weighted by molar-refractivity contribution is -0.209. The molecule has 8 heteroatoms. The van der Waals surface area contributed by atoms with Gasteiger partial charge in [0.25, 0.3) is 0 Å². The quantitative estimate of drug-likeness (QED) is 0.279. The summed E-state index contributed by atoms with van der Waals surface area (Å²) in [6.07, 6.45) is 13.1. The average molecular weight is 632 g/mol. The molecule has 1 unspecified atom stereocenters. The molecule has 248 valence electrons. The van der Waals surface area contributed by atoms with Crippen LogP contribution in [0.2, 0.25) is 0 Å².